The van der Waals surface area contributed by atoms with Crippen molar-refractivity contribution in [3.63, 3.8) is 0 Å². The van der Waals surface area contributed by atoms with Crippen molar-refractivity contribution in [2.24, 2.45) is 0 Å². The van der Waals surface area contributed by atoms with Gasteiger partial charge in [-0.25, -0.2) is 0 Å². The predicted octanol–water partition coefficient (Wildman–Crippen LogP) is 13.1. The van der Waals surface area contributed by atoms with Crippen molar-refractivity contribution in [3.8, 4) is 33.4 Å². The van der Waals surface area contributed by atoms with Gasteiger partial charge >= 0.3 is 0 Å². The molecule has 0 radical (unpaired) electrons. The second kappa shape index (κ2) is 10.7. The van der Waals surface area contributed by atoms with Crippen molar-refractivity contribution in [1.82, 2.24) is 0 Å². The Balaban J connectivity index is 1.19. The number of rotatable bonds is 4. The highest BCUT2D eigenvalue weighted by molar-refractivity contribution is 6.13. The molecule has 51 heavy (non-hydrogen) atoms. The summed E-state index contributed by atoms with van der Waals surface area (Å²) >= 11 is 0. The lowest BCUT2D eigenvalue weighted by Gasteiger charge is -2.30. The van der Waals surface area contributed by atoms with E-state index in [4.69, 9.17) is 12.6 Å². The van der Waals surface area contributed by atoms with Crippen LogP contribution in [0.25, 0.3) is 55.3 Å². The van der Waals surface area contributed by atoms with Gasteiger partial charge in [-0.15, -0.1) is 0 Å². The summed E-state index contributed by atoms with van der Waals surface area (Å²) in [6.45, 7) is 0. The topological polar surface area (TPSA) is 16.4 Å². The number of benzene rings is 8. The van der Waals surface area contributed by atoms with Crippen LogP contribution in [0.3, 0.4) is 0 Å². The van der Waals surface area contributed by atoms with E-state index in [1.54, 1.807) is 0 Å². The number of furan rings is 1. The molecular formula is C49H31NO. The third kappa shape index (κ3) is 3.82. The van der Waals surface area contributed by atoms with Crippen molar-refractivity contribution < 1.29 is 14.0 Å². The molecule has 1 aromatic heterocycles. The number of fused-ring (bicyclic) bond motifs is 13. The average Bonchev–Trinajstić information content (AvgIpc) is 3.91. The second-order valence-corrected chi connectivity index (χ2v) is 13.1. The summed E-state index contributed by atoms with van der Waals surface area (Å²) in [6.07, 6.45) is 0. The molecule has 0 saturated heterocycles. The third-order valence-electron chi connectivity index (χ3n) is 10.6. The highest BCUT2D eigenvalue weighted by Gasteiger charge is 2.51. The van der Waals surface area contributed by atoms with Gasteiger partial charge in [0.25, 0.3) is 0 Å². The Kier molecular flexibility index (Phi) is 4.64. The monoisotopic (exact) mass is 656 g/mol. The average molecular weight is 657 g/mol. The van der Waals surface area contributed by atoms with E-state index in [0.29, 0.717) is 11.4 Å². The molecule has 2 heteroatoms. The highest BCUT2D eigenvalue weighted by Crippen LogP contribution is 2.64. The maximum Gasteiger partial charge on any atom is 0.137 e. The minimum absolute atomic E-state index is 0.0648. The predicted molar refractivity (Wildman–Crippen MR) is 210 cm³/mol. The molecule has 0 aliphatic heterocycles. The van der Waals surface area contributed by atoms with Gasteiger partial charge in [-0.1, -0.05) is 145 Å². The molecule has 2 nitrogen and oxygen atoms in total. The van der Waals surface area contributed by atoms with Crippen LogP contribution in [0.2, 0.25) is 0 Å². The summed E-state index contributed by atoms with van der Waals surface area (Å²) in [5.41, 5.74) is 12.4. The minimum Gasteiger partial charge on any atom is -0.456 e. The first-order valence-corrected chi connectivity index (χ1v) is 17.0. The molecule has 0 unspecified atom stereocenters. The summed E-state index contributed by atoms with van der Waals surface area (Å²) in [6, 6.07) is 47.5. The zero-order valence-electron chi connectivity index (χ0n) is 34.2. The van der Waals surface area contributed by atoms with Crippen LogP contribution < -0.4 is 4.90 Å². The fourth-order valence-corrected chi connectivity index (χ4v) is 8.69. The summed E-state index contributed by atoms with van der Waals surface area (Å²) in [7, 11) is 0. The van der Waals surface area contributed by atoms with Gasteiger partial charge in [0, 0.05) is 16.8 Å². The molecule has 0 fully saturated rings. The maximum absolute atomic E-state index is 9.41. The van der Waals surface area contributed by atoms with Crippen LogP contribution in [0.5, 0.6) is 0 Å². The number of nitrogens with zero attached hydrogens (tertiary/aromatic N) is 1. The standard InChI is InChI=1S/C49H31NO/c1-2-16-33(17-3-1)50(44-28-14-30-46-48(44)39-22-7-11-29-45(39)51-46)34-18-12-15-32(31-34)35-23-13-27-43-47(35)38-21-6-10-26-42(38)49(43)40-24-8-4-19-36(40)37-20-5-9-25-41(37)49/h1-31H/i7D,11D,14D,22D,28D,29D,30D. The first-order valence-electron chi connectivity index (χ1n) is 20.5. The van der Waals surface area contributed by atoms with E-state index in [1.165, 1.54) is 33.4 Å². The van der Waals surface area contributed by atoms with Crippen LogP contribution in [0.15, 0.2) is 192 Å². The Hall–Kier alpha value is -6.64. The van der Waals surface area contributed by atoms with Crippen LogP contribution >= 0.6 is 0 Å². The van der Waals surface area contributed by atoms with Crippen LogP contribution in [-0.2, 0) is 5.41 Å². The Morgan fingerprint density at radius 2 is 1.06 bits per heavy atom. The lowest BCUT2D eigenvalue weighted by molar-refractivity contribution is 0.669. The van der Waals surface area contributed by atoms with Crippen LogP contribution in [-0.4, -0.2) is 0 Å². The Labute approximate surface area is 306 Å². The highest BCUT2D eigenvalue weighted by atomic mass is 16.3. The van der Waals surface area contributed by atoms with Gasteiger partial charge in [-0.05, 0) is 98.0 Å². The van der Waals surface area contributed by atoms with E-state index in [0.717, 1.165) is 22.3 Å². The summed E-state index contributed by atoms with van der Waals surface area (Å²) in [5, 5.41) is 0.243. The Bertz CT molecular complexity index is 3180. The first kappa shape index (κ1) is 22.2. The van der Waals surface area contributed by atoms with E-state index in [-0.39, 0.29) is 57.8 Å². The van der Waals surface area contributed by atoms with Crippen LogP contribution in [0.4, 0.5) is 17.1 Å². The van der Waals surface area contributed by atoms with Gasteiger partial charge in [-0.2, -0.15) is 0 Å². The molecule has 2 aliphatic carbocycles. The number of hydrogen-bond acceptors (Lipinski definition) is 2. The molecule has 9 aromatic rings. The van der Waals surface area contributed by atoms with E-state index >= 15 is 0 Å². The normalized spacial score (nSPS) is 15.2. The molecule has 0 amide bonds. The lowest BCUT2D eigenvalue weighted by Crippen LogP contribution is -2.25. The van der Waals surface area contributed by atoms with Gasteiger partial charge < -0.3 is 9.32 Å². The van der Waals surface area contributed by atoms with Crippen molar-refractivity contribution in [3.05, 3.63) is 210 Å². The smallest absolute Gasteiger partial charge is 0.137 e. The van der Waals surface area contributed by atoms with E-state index in [2.05, 4.69) is 103 Å². The molecule has 0 bridgehead atoms. The Morgan fingerprint density at radius 3 is 1.84 bits per heavy atom. The maximum atomic E-state index is 9.41. The fraction of sp³-hybridized carbons (Fsp3) is 0.0204. The summed E-state index contributed by atoms with van der Waals surface area (Å²) in [4.78, 5) is 1.84. The van der Waals surface area contributed by atoms with Gasteiger partial charge in [0.1, 0.15) is 11.2 Å². The van der Waals surface area contributed by atoms with Crippen molar-refractivity contribution >= 4 is 39.0 Å². The van der Waals surface area contributed by atoms with E-state index in [1.807, 2.05) is 47.4 Å². The van der Waals surface area contributed by atoms with Gasteiger partial charge in [-0.3, -0.25) is 0 Å². The molecule has 11 rings (SSSR count). The fourth-order valence-electron chi connectivity index (χ4n) is 8.69. The van der Waals surface area contributed by atoms with Crippen molar-refractivity contribution in [1.29, 1.82) is 0 Å². The quantitative estimate of drug-likeness (QED) is 0.187. The van der Waals surface area contributed by atoms with Gasteiger partial charge in [0.2, 0.25) is 0 Å². The van der Waals surface area contributed by atoms with Crippen LogP contribution in [0.1, 0.15) is 31.8 Å². The van der Waals surface area contributed by atoms with Gasteiger partial charge in [0.15, 0.2) is 0 Å². The zero-order valence-corrected chi connectivity index (χ0v) is 27.2. The largest absolute Gasteiger partial charge is 0.456 e. The zero-order chi connectivity index (χ0) is 39.6. The number of anilines is 3. The van der Waals surface area contributed by atoms with Gasteiger partial charge in [0.05, 0.1) is 26.1 Å². The second-order valence-electron chi connectivity index (χ2n) is 13.1. The molecule has 238 valence electrons. The molecule has 8 aromatic carbocycles. The lowest BCUT2D eigenvalue weighted by atomic mass is 9.70. The SMILES string of the molecule is [2H]c1c([2H])c([2H])c2c(oc3c([2H])c([2H])c([2H])c(N(c4ccccc4)c4cccc(-c5cccc6c5-c5ccccc5C65c6ccccc6-c6ccccc65)c4)c32)c1[2H]. The summed E-state index contributed by atoms with van der Waals surface area (Å²) in [5.74, 6) is 0. The third-order valence-corrected chi connectivity index (χ3v) is 10.6. The molecule has 0 N–H and O–H groups in total. The molecule has 0 atom stereocenters. The molecule has 1 spiro atoms. The van der Waals surface area contributed by atoms with Crippen LogP contribution in [0, 0.1) is 0 Å². The van der Waals surface area contributed by atoms with Crippen molar-refractivity contribution in [2.75, 3.05) is 4.90 Å². The Morgan fingerprint density at radius 1 is 0.471 bits per heavy atom. The number of para-hydroxylation sites is 2. The number of hydrogen-bond donors (Lipinski definition) is 0. The molecule has 2 aliphatic rings. The van der Waals surface area contributed by atoms with E-state index in [9.17, 15) is 1.37 Å². The molecule has 0 saturated carbocycles. The first-order chi connectivity index (χ1) is 28.2. The summed E-state index contributed by atoms with van der Waals surface area (Å²) < 4.78 is 67.8. The molecule has 1 heterocycles. The van der Waals surface area contributed by atoms with Crippen molar-refractivity contribution in [2.45, 2.75) is 5.41 Å². The molecular weight excluding hydrogens is 619 g/mol. The minimum atomic E-state index is -0.514. The van der Waals surface area contributed by atoms with E-state index < -0.39 is 17.5 Å².